The third kappa shape index (κ3) is 2.78. The number of aryl methyl sites for hydroxylation is 1. The first-order chi connectivity index (χ1) is 10.4. The van der Waals surface area contributed by atoms with E-state index in [9.17, 15) is 18.0 Å². The van der Waals surface area contributed by atoms with Crippen molar-refractivity contribution in [2.24, 2.45) is 7.05 Å². The number of piperazine rings is 1. The Hall–Kier alpha value is -1.74. The van der Waals surface area contributed by atoms with Gasteiger partial charge >= 0.3 is 0 Å². The normalized spacial score (nSPS) is 20.1. The first-order valence-electron chi connectivity index (χ1n) is 7.22. The van der Waals surface area contributed by atoms with Crippen molar-refractivity contribution >= 4 is 15.9 Å². The van der Waals surface area contributed by atoms with Gasteiger partial charge in [0.05, 0.1) is 5.25 Å². The van der Waals surface area contributed by atoms with Gasteiger partial charge in [-0.05, 0) is 18.9 Å². The molecule has 0 N–H and O–H groups in total. The van der Waals surface area contributed by atoms with Crippen LogP contribution in [-0.4, -0.2) is 64.7 Å². The van der Waals surface area contributed by atoms with Crippen LogP contribution in [0.1, 0.15) is 23.3 Å². The Morgan fingerprint density at radius 3 is 2.36 bits per heavy atom. The molecule has 0 bridgehead atoms. The second kappa shape index (κ2) is 5.47. The van der Waals surface area contributed by atoms with E-state index in [1.807, 2.05) is 0 Å². The molecule has 1 aromatic rings. The maximum Gasteiger partial charge on any atom is 0.274 e. The third-order valence-electron chi connectivity index (χ3n) is 4.01. The molecular formula is C13H18N4O4S. The molecule has 1 amide bonds. The molecule has 0 aromatic carbocycles. The minimum Gasteiger partial charge on any atom is -0.335 e. The smallest absolute Gasteiger partial charge is 0.274 e. The molecule has 3 rings (SSSR count). The average molecular weight is 326 g/mol. The Balaban J connectivity index is 1.67. The van der Waals surface area contributed by atoms with Gasteiger partial charge in [0.1, 0.15) is 5.69 Å². The van der Waals surface area contributed by atoms with Crippen molar-refractivity contribution in [3.63, 3.8) is 0 Å². The van der Waals surface area contributed by atoms with Crippen molar-refractivity contribution in [2.75, 3.05) is 26.2 Å². The van der Waals surface area contributed by atoms with Gasteiger partial charge in [0, 0.05) is 39.3 Å². The number of rotatable bonds is 3. The monoisotopic (exact) mass is 326 g/mol. The second-order valence-corrected chi connectivity index (χ2v) is 7.83. The molecule has 2 heterocycles. The van der Waals surface area contributed by atoms with Crippen LogP contribution in [0.15, 0.2) is 16.9 Å². The Morgan fingerprint density at radius 2 is 1.82 bits per heavy atom. The highest BCUT2D eigenvalue weighted by molar-refractivity contribution is 7.90. The fourth-order valence-corrected chi connectivity index (χ4v) is 4.33. The van der Waals surface area contributed by atoms with Crippen LogP contribution < -0.4 is 5.56 Å². The first kappa shape index (κ1) is 15.2. The SMILES string of the molecule is Cn1nc(C(=O)N2CCN(S(=O)(=O)C3CC3)CC2)ccc1=O. The Bertz CT molecular complexity index is 746. The van der Waals surface area contributed by atoms with Gasteiger partial charge in [-0.1, -0.05) is 0 Å². The molecule has 120 valence electrons. The van der Waals surface area contributed by atoms with E-state index in [2.05, 4.69) is 5.10 Å². The molecule has 2 fully saturated rings. The van der Waals surface area contributed by atoms with Crippen molar-refractivity contribution in [3.05, 3.63) is 28.2 Å². The van der Waals surface area contributed by atoms with Gasteiger partial charge in [0.2, 0.25) is 10.0 Å². The molecule has 0 spiro atoms. The highest BCUT2D eigenvalue weighted by Gasteiger charge is 2.41. The molecule has 1 saturated heterocycles. The Kier molecular flexibility index (Phi) is 3.77. The predicted octanol–water partition coefficient (Wildman–Crippen LogP) is -0.970. The van der Waals surface area contributed by atoms with E-state index in [4.69, 9.17) is 0 Å². The average Bonchev–Trinajstić information content (AvgIpc) is 3.35. The molecule has 1 aliphatic heterocycles. The number of hydrogen-bond acceptors (Lipinski definition) is 5. The molecule has 22 heavy (non-hydrogen) atoms. The largest absolute Gasteiger partial charge is 0.335 e. The van der Waals surface area contributed by atoms with Crippen molar-refractivity contribution in [3.8, 4) is 0 Å². The lowest BCUT2D eigenvalue weighted by Gasteiger charge is -2.33. The van der Waals surface area contributed by atoms with E-state index < -0.39 is 10.0 Å². The quantitative estimate of drug-likeness (QED) is 0.712. The van der Waals surface area contributed by atoms with Gasteiger partial charge in [-0.25, -0.2) is 13.1 Å². The summed E-state index contributed by atoms with van der Waals surface area (Å²) in [7, 11) is -1.70. The van der Waals surface area contributed by atoms with Gasteiger partial charge in [0.15, 0.2) is 0 Å². The van der Waals surface area contributed by atoms with Crippen molar-refractivity contribution < 1.29 is 13.2 Å². The van der Waals surface area contributed by atoms with Crippen LogP contribution in [0.2, 0.25) is 0 Å². The van der Waals surface area contributed by atoms with E-state index in [0.717, 1.165) is 17.5 Å². The maximum absolute atomic E-state index is 12.3. The minimum absolute atomic E-state index is 0.195. The van der Waals surface area contributed by atoms with Gasteiger partial charge < -0.3 is 4.90 Å². The third-order valence-corrected chi connectivity index (χ3v) is 6.41. The van der Waals surface area contributed by atoms with Gasteiger partial charge in [-0.15, -0.1) is 0 Å². The maximum atomic E-state index is 12.3. The number of carbonyl (C=O) groups excluding carboxylic acids is 1. The minimum atomic E-state index is -3.18. The van der Waals surface area contributed by atoms with E-state index >= 15 is 0 Å². The van der Waals surface area contributed by atoms with Crippen LogP contribution in [0, 0.1) is 0 Å². The number of amides is 1. The molecule has 0 atom stereocenters. The molecular weight excluding hydrogens is 308 g/mol. The lowest BCUT2D eigenvalue weighted by atomic mass is 10.3. The van der Waals surface area contributed by atoms with E-state index in [1.165, 1.54) is 23.5 Å². The van der Waals surface area contributed by atoms with Crippen molar-refractivity contribution in [1.82, 2.24) is 19.0 Å². The molecule has 2 aliphatic rings. The zero-order chi connectivity index (χ0) is 15.9. The fourth-order valence-electron chi connectivity index (χ4n) is 2.50. The van der Waals surface area contributed by atoms with Gasteiger partial charge in [-0.3, -0.25) is 9.59 Å². The van der Waals surface area contributed by atoms with Crippen molar-refractivity contribution in [2.45, 2.75) is 18.1 Å². The summed E-state index contributed by atoms with van der Waals surface area (Å²) in [6.07, 6.45) is 1.48. The molecule has 9 heteroatoms. The first-order valence-corrected chi connectivity index (χ1v) is 8.72. The summed E-state index contributed by atoms with van der Waals surface area (Å²) in [4.78, 5) is 25.2. The number of sulfonamides is 1. The summed E-state index contributed by atoms with van der Waals surface area (Å²) >= 11 is 0. The topological polar surface area (TPSA) is 92.6 Å². The zero-order valence-corrected chi connectivity index (χ0v) is 13.1. The van der Waals surface area contributed by atoms with E-state index in [0.29, 0.717) is 26.2 Å². The summed E-state index contributed by atoms with van der Waals surface area (Å²) < 4.78 is 26.9. The standard InChI is InChI=1S/C13H18N4O4S/c1-15-12(18)5-4-11(14-15)13(19)16-6-8-17(9-7-16)22(20,21)10-2-3-10/h4-5,10H,2-3,6-9H2,1H3. The lowest BCUT2D eigenvalue weighted by Crippen LogP contribution is -2.51. The highest BCUT2D eigenvalue weighted by atomic mass is 32.2. The van der Waals surface area contributed by atoms with Crippen LogP contribution in [0.5, 0.6) is 0 Å². The van der Waals surface area contributed by atoms with Crippen LogP contribution in [-0.2, 0) is 17.1 Å². The lowest BCUT2D eigenvalue weighted by molar-refractivity contribution is 0.0689. The summed E-state index contributed by atoms with van der Waals surface area (Å²) in [5.74, 6) is -0.279. The summed E-state index contributed by atoms with van der Waals surface area (Å²) in [6.45, 7) is 1.32. The number of carbonyl (C=O) groups is 1. The van der Waals surface area contributed by atoms with Gasteiger partial charge in [-0.2, -0.15) is 9.40 Å². The van der Waals surface area contributed by atoms with Crippen LogP contribution in [0.3, 0.4) is 0 Å². The molecule has 1 aliphatic carbocycles. The summed E-state index contributed by atoms with van der Waals surface area (Å²) in [5, 5.41) is 3.71. The molecule has 0 unspecified atom stereocenters. The van der Waals surface area contributed by atoms with E-state index in [1.54, 1.807) is 4.90 Å². The number of nitrogens with zero attached hydrogens (tertiary/aromatic N) is 4. The molecule has 8 nitrogen and oxygen atoms in total. The molecule has 1 aromatic heterocycles. The zero-order valence-electron chi connectivity index (χ0n) is 12.3. The highest BCUT2D eigenvalue weighted by Crippen LogP contribution is 2.31. The second-order valence-electron chi connectivity index (χ2n) is 5.62. The Morgan fingerprint density at radius 1 is 1.18 bits per heavy atom. The predicted molar refractivity (Wildman–Crippen MR) is 78.9 cm³/mol. The van der Waals surface area contributed by atoms with Crippen LogP contribution in [0.4, 0.5) is 0 Å². The number of aromatic nitrogens is 2. The van der Waals surface area contributed by atoms with Crippen molar-refractivity contribution in [1.29, 1.82) is 0 Å². The summed E-state index contributed by atoms with van der Waals surface area (Å²) in [5.41, 5.74) is -0.0857. The number of hydrogen-bond donors (Lipinski definition) is 0. The summed E-state index contributed by atoms with van der Waals surface area (Å²) in [6, 6.07) is 2.70. The van der Waals surface area contributed by atoms with Crippen LogP contribution >= 0.6 is 0 Å². The van der Waals surface area contributed by atoms with Gasteiger partial charge in [0.25, 0.3) is 11.5 Å². The van der Waals surface area contributed by atoms with E-state index in [-0.39, 0.29) is 22.4 Å². The fraction of sp³-hybridized carbons (Fsp3) is 0.615. The van der Waals surface area contributed by atoms with Crippen LogP contribution in [0.25, 0.3) is 0 Å². The molecule has 0 radical (unpaired) electrons. The Labute approximate surface area is 128 Å². The molecule has 1 saturated carbocycles.